The molecule has 0 amide bonds. The van der Waals surface area contributed by atoms with Crippen LogP contribution in [0.4, 0.5) is 0 Å². The first-order valence-corrected chi connectivity index (χ1v) is 6.24. The van der Waals surface area contributed by atoms with Crippen LogP contribution in [0.2, 0.25) is 0 Å². The van der Waals surface area contributed by atoms with Crippen LogP contribution >= 0.6 is 0 Å². The molecule has 4 heteroatoms. The fourth-order valence-electron chi connectivity index (χ4n) is 1.73. The third kappa shape index (κ3) is 3.16. The molecular formula is C16H16O4. The minimum absolute atomic E-state index is 0.313. The monoisotopic (exact) mass is 272 g/mol. The highest BCUT2D eigenvalue weighted by atomic mass is 16.5. The van der Waals surface area contributed by atoms with Gasteiger partial charge in [-0.05, 0) is 18.6 Å². The number of benzene rings is 2. The maximum atomic E-state index is 10.9. The summed E-state index contributed by atoms with van der Waals surface area (Å²) in [5, 5.41) is 18.6. The van der Waals surface area contributed by atoms with Crippen LogP contribution < -0.4 is 4.74 Å². The Labute approximate surface area is 117 Å². The van der Waals surface area contributed by atoms with E-state index >= 15 is 0 Å². The first kappa shape index (κ1) is 14.1. The van der Waals surface area contributed by atoms with E-state index in [1.54, 1.807) is 12.1 Å². The van der Waals surface area contributed by atoms with Crippen molar-refractivity contribution in [2.75, 3.05) is 6.61 Å². The summed E-state index contributed by atoms with van der Waals surface area (Å²) in [5.41, 5.74) is -0.0866. The SMILES string of the molecule is CC(O)(COc1ccccc1-c1ccccc1)C(=O)O. The molecule has 104 valence electrons. The molecular weight excluding hydrogens is 256 g/mol. The van der Waals surface area contributed by atoms with Crippen LogP contribution in [0.15, 0.2) is 54.6 Å². The van der Waals surface area contributed by atoms with Crippen molar-refractivity contribution in [1.29, 1.82) is 0 Å². The first-order valence-electron chi connectivity index (χ1n) is 6.24. The number of carboxylic acid groups (broad SMARTS) is 1. The summed E-state index contributed by atoms with van der Waals surface area (Å²) in [5.74, 6) is -0.769. The smallest absolute Gasteiger partial charge is 0.339 e. The van der Waals surface area contributed by atoms with E-state index in [2.05, 4.69) is 0 Å². The fourth-order valence-corrected chi connectivity index (χ4v) is 1.73. The van der Waals surface area contributed by atoms with Crippen LogP contribution in [0.1, 0.15) is 6.92 Å². The number of para-hydroxylation sites is 1. The molecule has 0 aliphatic carbocycles. The van der Waals surface area contributed by atoms with Crippen LogP contribution in [-0.2, 0) is 4.79 Å². The Morgan fingerprint density at radius 2 is 1.70 bits per heavy atom. The van der Waals surface area contributed by atoms with E-state index < -0.39 is 11.6 Å². The van der Waals surface area contributed by atoms with Crippen molar-refractivity contribution >= 4 is 5.97 Å². The van der Waals surface area contributed by atoms with Gasteiger partial charge in [-0.25, -0.2) is 4.79 Å². The average Bonchev–Trinajstić information content (AvgIpc) is 2.46. The second-order valence-electron chi connectivity index (χ2n) is 4.73. The fraction of sp³-hybridized carbons (Fsp3) is 0.188. The number of rotatable bonds is 5. The third-order valence-electron chi connectivity index (χ3n) is 2.94. The maximum absolute atomic E-state index is 10.9. The van der Waals surface area contributed by atoms with Crippen molar-refractivity contribution < 1.29 is 19.7 Å². The van der Waals surface area contributed by atoms with Gasteiger partial charge < -0.3 is 14.9 Å². The van der Waals surface area contributed by atoms with Gasteiger partial charge in [0.15, 0.2) is 5.60 Å². The van der Waals surface area contributed by atoms with Gasteiger partial charge in [0, 0.05) is 5.56 Å². The number of carbonyl (C=O) groups is 1. The van der Waals surface area contributed by atoms with Crippen molar-refractivity contribution in [1.82, 2.24) is 0 Å². The minimum atomic E-state index is -1.91. The Hall–Kier alpha value is -2.33. The van der Waals surface area contributed by atoms with E-state index in [9.17, 15) is 9.90 Å². The lowest BCUT2D eigenvalue weighted by molar-refractivity contribution is -0.159. The molecule has 2 aromatic carbocycles. The zero-order chi connectivity index (χ0) is 14.6. The highest BCUT2D eigenvalue weighted by Gasteiger charge is 2.31. The predicted octanol–water partition coefficient (Wildman–Crippen LogP) is 2.57. The van der Waals surface area contributed by atoms with Crippen LogP contribution in [0.5, 0.6) is 5.75 Å². The molecule has 1 atom stereocenters. The number of aliphatic carboxylic acids is 1. The number of hydrogen-bond donors (Lipinski definition) is 2. The molecule has 4 nitrogen and oxygen atoms in total. The lowest BCUT2D eigenvalue weighted by atomic mass is 10.0. The largest absolute Gasteiger partial charge is 0.489 e. The summed E-state index contributed by atoms with van der Waals surface area (Å²) in [6, 6.07) is 17.0. The maximum Gasteiger partial charge on any atom is 0.339 e. The average molecular weight is 272 g/mol. The quantitative estimate of drug-likeness (QED) is 0.878. The van der Waals surface area contributed by atoms with Gasteiger partial charge in [-0.15, -0.1) is 0 Å². The molecule has 0 heterocycles. The minimum Gasteiger partial charge on any atom is -0.489 e. The van der Waals surface area contributed by atoms with Gasteiger partial charge in [0.05, 0.1) is 0 Å². The summed E-state index contributed by atoms with van der Waals surface area (Å²) < 4.78 is 5.49. The van der Waals surface area contributed by atoms with E-state index in [0.717, 1.165) is 11.1 Å². The summed E-state index contributed by atoms with van der Waals surface area (Å²) in [6.45, 7) is 0.895. The zero-order valence-electron chi connectivity index (χ0n) is 11.1. The van der Waals surface area contributed by atoms with Gasteiger partial charge in [-0.2, -0.15) is 0 Å². The van der Waals surface area contributed by atoms with E-state index in [-0.39, 0.29) is 6.61 Å². The van der Waals surface area contributed by atoms with Crippen molar-refractivity contribution in [3.63, 3.8) is 0 Å². The van der Waals surface area contributed by atoms with Crippen molar-refractivity contribution in [2.45, 2.75) is 12.5 Å². The Kier molecular flexibility index (Phi) is 4.05. The molecule has 0 radical (unpaired) electrons. The molecule has 0 aliphatic rings. The Bertz CT molecular complexity index is 590. The Morgan fingerprint density at radius 3 is 2.35 bits per heavy atom. The highest BCUT2D eigenvalue weighted by molar-refractivity contribution is 5.77. The molecule has 20 heavy (non-hydrogen) atoms. The lowest BCUT2D eigenvalue weighted by Gasteiger charge is -2.19. The summed E-state index contributed by atoms with van der Waals surface area (Å²) >= 11 is 0. The third-order valence-corrected chi connectivity index (χ3v) is 2.94. The lowest BCUT2D eigenvalue weighted by Crippen LogP contribution is -2.41. The van der Waals surface area contributed by atoms with E-state index in [0.29, 0.717) is 5.75 Å². The first-order chi connectivity index (χ1) is 9.50. The van der Waals surface area contributed by atoms with Crippen LogP contribution in [0.25, 0.3) is 11.1 Å². The molecule has 0 saturated heterocycles. The van der Waals surface area contributed by atoms with Crippen molar-refractivity contribution in [2.24, 2.45) is 0 Å². The van der Waals surface area contributed by atoms with Gasteiger partial charge >= 0.3 is 5.97 Å². The zero-order valence-corrected chi connectivity index (χ0v) is 11.1. The molecule has 0 aliphatic heterocycles. The number of aliphatic hydroxyl groups is 1. The van der Waals surface area contributed by atoms with Crippen LogP contribution in [0.3, 0.4) is 0 Å². The Morgan fingerprint density at radius 1 is 1.10 bits per heavy atom. The van der Waals surface area contributed by atoms with Crippen LogP contribution in [-0.4, -0.2) is 28.4 Å². The Balaban J connectivity index is 2.24. The molecule has 2 N–H and O–H groups in total. The molecule has 0 fully saturated rings. The molecule has 2 aromatic rings. The summed E-state index contributed by atoms with van der Waals surface area (Å²) in [7, 11) is 0. The normalized spacial score (nSPS) is 13.5. The van der Waals surface area contributed by atoms with Gasteiger partial charge in [-0.1, -0.05) is 48.5 Å². The second-order valence-corrected chi connectivity index (χ2v) is 4.73. The number of carboxylic acids is 1. The molecule has 0 saturated carbocycles. The van der Waals surface area contributed by atoms with Crippen molar-refractivity contribution in [3.8, 4) is 16.9 Å². The molecule has 0 spiro atoms. The number of ether oxygens (including phenoxy) is 1. The van der Waals surface area contributed by atoms with Crippen LogP contribution in [0, 0.1) is 0 Å². The molecule has 0 bridgehead atoms. The summed E-state index contributed by atoms with van der Waals surface area (Å²) in [4.78, 5) is 10.9. The highest BCUT2D eigenvalue weighted by Crippen LogP contribution is 2.30. The molecule has 0 aromatic heterocycles. The summed E-state index contributed by atoms with van der Waals surface area (Å²) in [6.07, 6.45) is 0. The topological polar surface area (TPSA) is 66.8 Å². The van der Waals surface area contributed by atoms with E-state index in [1.165, 1.54) is 6.92 Å². The van der Waals surface area contributed by atoms with Gasteiger partial charge in [0.1, 0.15) is 12.4 Å². The molecule has 1 unspecified atom stereocenters. The number of hydrogen-bond acceptors (Lipinski definition) is 3. The predicted molar refractivity (Wildman–Crippen MR) is 75.6 cm³/mol. The van der Waals surface area contributed by atoms with Gasteiger partial charge in [0.25, 0.3) is 0 Å². The standard InChI is InChI=1S/C16H16O4/c1-16(19,15(17)18)11-20-14-10-6-5-9-13(14)12-7-3-2-4-8-12/h2-10,19H,11H2,1H3,(H,17,18). The van der Waals surface area contributed by atoms with E-state index in [4.69, 9.17) is 9.84 Å². The van der Waals surface area contributed by atoms with Gasteiger partial charge in [-0.3, -0.25) is 0 Å². The van der Waals surface area contributed by atoms with Gasteiger partial charge in [0.2, 0.25) is 0 Å². The molecule has 2 rings (SSSR count). The van der Waals surface area contributed by atoms with E-state index in [1.807, 2.05) is 42.5 Å². The second kappa shape index (κ2) is 5.75. The van der Waals surface area contributed by atoms with Crippen molar-refractivity contribution in [3.05, 3.63) is 54.6 Å².